The molecule has 118 valence electrons. The van der Waals surface area contributed by atoms with Crippen LogP contribution < -0.4 is 16.9 Å². The van der Waals surface area contributed by atoms with Crippen LogP contribution in [0.3, 0.4) is 0 Å². The molecule has 0 aromatic heterocycles. The third-order valence-corrected chi connectivity index (χ3v) is 4.30. The summed E-state index contributed by atoms with van der Waals surface area (Å²) in [4.78, 5) is 0.201. The number of rotatable bonds is 4. The fraction of sp³-hybridized carbons (Fsp3) is 0.188. The van der Waals surface area contributed by atoms with Gasteiger partial charge in [-0.3, -0.25) is 4.48 Å². The summed E-state index contributed by atoms with van der Waals surface area (Å²) in [6.45, 7) is 0. The molecule has 0 atom stereocenters. The van der Waals surface area contributed by atoms with E-state index in [2.05, 4.69) is 4.40 Å². The first-order valence-corrected chi connectivity index (χ1v) is 8.00. The Labute approximate surface area is 138 Å². The van der Waals surface area contributed by atoms with Crippen LogP contribution in [0.2, 0.25) is 0 Å². The molecule has 0 saturated carbocycles. The van der Waals surface area contributed by atoms with Crippen LogP contribution in [-0.4, -0.2) is 35.8 Å². The summed E-state index contributed by atoms with van der Waals surface area (Å²) in [5.41, 5.74) is 1.78. The Balaban J connectivity index is 0.00000242. The van der Waals surface area contributed by atoms with Crippen molar-refractivity contribution in [2.75, 3.05) is 21.1 Å². The summed E-state index contributed by atoms with van der Waals surface area (Å²) in [6.07, 6.45) is 1.36. The van der Waals surface area contributed by atoms with E-state index >= 15 is 0 Å². The zero-order valence-corrected chi connectivity index (χ0v) is 14.3. The molecule has 0 amide bonds. The summed E-state index contributed by atoms with van der Waals surface area (Å²) < 4.78 is 28.7. The van der Waals surface area contributed by atoms with Crippen LogP contribution in [0.4, 0.5) is 5.69 Å². The van der Waals surface area contributed by atoms with Crippen LogP contribution >= 0.6 is 0 Å². The number of hydrogen-bond acceptors (Lipinski definition) is 2. The number of hydrogen-bond donors (Lipinski definition) is 0. The summed E-state index contributed by atoms with van der Waals surface area (Å²) in [5, 5.41) is 0. The smallest absolute Gasteiger partial charge is 0.282 e. The second kappa shape index (κ2) is 7.05. The second-order valence-corrected chi connectivity index (χ2v) is 7.26. The molecule has 0 radical (unpaired) electrons. The number of quaternary nitrogens is 1. The molecule has 0 aliphatic heterocycles. The van der Waals surface area contributed by atoms with Crippen molar-refractivity contribution in [3.05, 3.63) is 60.2 Å². The first-order valence-electron chi connectivity index (χ1n) is 6.56. The fourth-order valence-electron chi connectivity index (χ4n) is 1.80. The van der Waals surface area contributed by atoms with Gasteiger partial charge < -0.3 is 12.4 Å². The van der Waals surface area contributed by atoms with E-state index in [1.54, 1.807) is 24.3 Å². The monoisotopic (exact) mass is 338 g/mol. The van der Waals surface area contributed by atoms with Gasteiger partial charge in [0, 0.05) is 18.3 Å². The molecule has 0 aliphatic carbocycles. The molecule has 0 unspecified atom stereocenters. The third kappa shape index (κ3) is 4.66. The summed E-state index contributed by atoms with van der Waals surface area (Å²) in [6, 6.07) is 16.0. The van der Waals surface area contributed by atoms with E-state index < -0.39 is 10.0 Å². The van der Waals surface area contributed by atoms with Gasteiger partial charge in [0.1, 0.15) is 5.69 Å². The van der Waals surface area contributed by atoms with Crippen molar-refractivity contribution in [2.24, 2.45) is 4.40 Å². The lowest BCUT2D eigenvalue weighted by atomic mass is 10.2. The molecule has 2 aromatic carbocycles. The van der Waals surface area contributed by atoms with E-state index in [0.29, 0.717) is 4.48 Å². The van der Waals surface area contributed by atoms with Gasteiger partial charge in [-0.2, -0.15) is 12.8 Å². The maximum absolute atomic E-state index is 12.2. The quantitative estimate of drug-likeness (QED) is 0.567. The zero-order chi connectivity index (χ0) is 15.5. The molecular weight excluding hydrogens is 320 g/mol. The predicted octanol–water partition coefficient (Wildman–Crippen LogP) is -0.305. The molecular formula is C16H19ClN2O2S. The Bertz CT molecular complexity index is 734. The topological polar surface area (TPSA) is 46.5 Å². The fourth-order valence-corrected chi connectivity index (χ4v) is 2.66. The molecule has 0 aliphatic rings. The minimum atomic E-state index is -3.66. The number of nitrogens with zero attached hydrogens (tertiary/aromatic N) is 2. The Morgan fingerprint density at radius 2 is 1.45 bits per heavy atom. The highest BCUT2D eigenvalue weighted by Gasteiger charge is 2.16. The molecule has 0 spiro atoms. The minimum Gasteiger partial charge on any atom is -1.00 e. The van der Waals surface area contributed by atoms with Crippen LogP contribution in [0.1, 0.15) is 5.56 Å². The van der Waals surface area contributed by atoms with Gasteiger partial charge in [0.25, 0.3) is 10.0 Å². The van der Waals surface area contributed by atoms with E-state index in [-0.39, 0.29) is 17.3 Å². The van der Waals surface area contributed by atoms with E-state index in [1.165, 1.54) is 6.21 Å². The molecule has 4 nitrogen and oxygen atoms in total. The summed E-state index contributed by atoms with van der Waals surface area (Å²) in [7, 11) is 2.42. The lowest BCUT2D eigenvalue weighted by Crippen LogP contribution is -3.00. The van der Waals surface area contributed by atoms with Gasteiger partial charge in [-0.1, -0.05) is 30.3 Å². The van der Waals surface area contributed by atoms with Gasteiger partial charge in [0.05, 0.1) is 26.0 Å². The highest BCUT2D eigenvalue weighted by Crippen LogP contribution is 2.20. The van der Waals surface area contributed by atoms with Crippen LogP contribution in [0.25, 0.3) is 0 Å². The lowest BCUT2D eigenvalue weighted by Gasteiger charge is -2.23. The molecule has 2 aromatic rings. The molecule has 22 heavy (non-hydrogen) atoms. The first kappa shape index (κ1) is 18.4. The molecule has 0 bridgehead atoms. The van der Waals surface area contributed by atoms with Crippen LogP contribution in [0.15, 0.2) is 63.9 Å². The van der Waals surface area contributed by atoms with E-state index in [4.69, 9.17) is 0 Å². The van der Waals surface area contributed by atoms with Gasteiger partial charge >= 0.3 is 0 Å². The average molecular weight is 339 g/mol. The van der Waals surface area contributed by atoms with Gasteiger partial charge in [-0.05, 0) is 17.7 Å². The van der Waals surface area contributed by atoms with Gasteiger partial charge in [-0.15, -0.1) is 0 Å². The largest absolute Gasteiger partial charge is 1.00 e. The van der Waals surface area contributed by atoms with E-state index in [0.717, 1.165) is 11.3 Å². The maximum atomic E-state index is 12.2. The van der Waals surface area contributed by atoms with Crippen molar-refractivity contribution in [1.29, 1.82) is 0 Å². The number of sulfonamides is 1. The average Bonchev–Trinajstić information content (AvgIpc) is 2.46. The molecule has 2 rings (SSSR count). The van der Waals surface area contributed by atoms with Crippen molar-refractivity contribution < 1.29 is 20.8 Å². The van der Waals surface area contributed by atoms with E-state index in [9.17, 15) is 8.42 Å². The number of benzene rings is 2. The highest BCUT2D eigenvalue weighted by atomic mass is 35.5. The summed E-state index contributed by atoms with van der Waals surface area (Å²) >= 11 is 0. The normalized spacial score (nSPS) is 12.1. The third-order valence-electron chi connectivity index (χ3n) is 3.05. The molecule has 0 saturated heterocycles. The lowest BCUT2D eigenvalue weighted by molar-refractivity contribution is -0.00000699. The molecule has 0 N–H and O–H groups in total. The van der Waals surface area contributed by atoms with Gasteiger partial charge in [0.15, 0.2) is 0 Å². The Morgan fingerprint density at radius 1 is 0.909 bits per heavy atom. The van der Waals surface area contributed by atoms with E-state index in [1.807, 2.05) is 51.5 Å². The summed E-state index contributed by atoms with van der Waals surface area (Å²) in [5.74, 6) is 0. The first-order chi connectivity index (χ1) is 9.79. The number of halogens is 1. The van der Waals surface area contributed by atoms with Crippen LogP contribution in [0.5, 0.6) is 0 Å². The Kier molecular flexibility index (Phi) is 5.88. The second-order valence-electron chi connectivity index (χ2n) is 5.63. The van der Waals surface area contributed by atoms with Gasteiger partial charge in [-0.25, -0.2) is 0 Å². The van der Waals surface area contributed by atoms with Crippen LogP contribution in [0, 0.1) is 0 Å². The minimum absolute atomic E-state index is 0. The van der Waals surface area contributed by atoms with Crippen molar-refractivity contribution in [1.82, 2.24) is 4.48 Å². The van der Waals surface area contributed by atoms with Crippen molar-refractivity contribution in [3.8, 4) is 0 Å². The Morgan fingerprint density at radius 3 is 1.95 bits per heavy atom. The van der Waals surface area contributed by atoms with Gasteiger partial charge in [0.2, 0.25) is 0 Å². The SMILES string of the molecule is C[N+](C)(C)c1ccc(S(=O)(=O)N=Cc2ccccc2)cc1.[Cl-]. The molecule has 0 heterocycles. The predicted molar refractivity (Wildman–Crippen MR) is 87.2 cm³/mol. The van der Waals surface area contributed by atoms with Crippen LogP contribution in [-0.2, 0) is 10.0 Å². The highest BCUT2D eigenvalue weighted by molar-refractivity contribution is 7.90. The standard InChI is InChI=1S/C16H19N2O2S.ClH/c1-18(2,3)15-9-11-16(12-10-15)21(19,20)17-13-14-7-5-4-6-8-14;/h4-13H,1-3H3;1H/q+1;/p-1. The van der Waals surface area contributed by atoms with Crippen molar-refractivity contribution in [2.45, 2.75) is 4.90 Å². The molecule has 0 fully saturated rings. The van der Waals surface area contributed by atoms with Crippen molar-refractivity contribution in [3.63, 3.8) is 0 Å². The van der Waals surface area contributed by atoms with Crippen molar-refractivity contribution >= 4 is 21.9 Å². The Hall–Kier alpha value is -1.69. The maximum Gasteiger partial charge on any atom is 0.282 e. The zero-order valence-electron chi connectivity index (χ0n) is 12.8. The molecule has 6 heteroatoms.